The molecule has 0 N–H and O–H groups in total. The number of hydrogen-bond acceptors (Lipinski definition) is 4. The van der Waals surface area contributed by atoms with Crippen molar-refractivity contribution in [1.29, 1.82) is 0 Å². The summed E-state index contributed by atoms with van der Waals surface area (Å²) in [5, 5.41) is 0. The monoisotopic (exact) mass is 372 g/mol. The van der Waals surface area contributed by atoms with Crippen molar-refractivity contribution >= 4 is 11.8 Å². The fourth-order valence-corrected chi connectivity index (χ4v) is 8.09. The van der Waals surface area contributed by atoms with Gasteiger partial charge < -0.3 is 9.47 Å². The van der Waals surface area contributed by atoms with E-state index in [1.165, 1.54) is 13.3 Å². The fourth-order valence-electron chi connectivity index (χ4n) is 8.09. The quantitative estimate of drug-likeness (QED) is 0.538. The molecule has 4 fully saturated rings. The molecule has 0 aromatic heterocycles. The van der Waals surface area contributed by atoms with E-state index in [9.17, 15) is 9.59 Å². The van der Waals surface area contributed by atoms with Crippen LogP contribution < -0.4 is 0 Å². The molecule has 8 atom stereocenters. The average Bonchev–Trinajstić information content (AvgIpc) is 3.15. The Morgan fingerprint density at radius 2 is 1.93 bits per heavy atom. The van der Waals surface area contributed by atoms with Crippen LogP contribution in [-0.4, -0.2) is 29.6 Å². The maximum atomic E-state index is 12.2. The standard InChI is InChI=1S/C23H32O4/c1-13(24)17-5-6-18-16-11-20-23(27-20)12-15(26-14(2)25)7-10-22(23,4)19(16)8-9-21(17,18)3/h5,15-16,18-20H,6-12H2,1-4H3/t15-,16-,18-,19-,20?,21+,22+,23?/m0/s1. The molecule has 4 aliphatic carbocycles. The van der Waals surface area contributed by atoms with Gasteiger partial charge >= 0.3 is 5.97 Å². The van der Waals surface area contributed by atoms with Gasteiger partial charge in [0.2, 0.25) is 0 Å². The minimum Gasteiger partial charge on any atom is -0.462 e. The predicted molar refractivity (Wildman–Crippen MR) is 101 cm³/mol. The second-order valence-corrected chi connectivity index (χ2v) is 10.4. The highest BCUT2D eigenvalue weighted by Crippen LogP contribution is 2.73. The van der Waals surface area contributed by atoms with Crippen molar-refractivity contribution in [1.82, 2.24) is 0 Å². The van der Waals surface area contributed by atoms with Crippen LogP contribution in [0.3, 0.4) is 0 Å². The molecular weight excluding hydrogens is 340 g/mol. The highest BCUT2D eigenvalue weighted by molar-refractivity contribution is 5.95. The first-order valence-electron chi connectivity index (χ1n) is 10.8. The third-order valence-corrected chi connectivity index (χ3v) is 9.33. The summed E-state index contributed by atoms with van der Waals surface area (Å²) in [5.74, 6) is 1.98. The van der Waals surface area contributed by atoms with Crippen molar-refractivity contribution in [2.24, 2.45) is 28.6 Å². The summed E-state index contributed by atoms with van der Waals surface area (Å²) in [7, 11) is 0. The molecule has 1 saturated heterocycles. The lowest BCUT2D eigenvalue weighted by molar-refractivity contribution is -0.156. The first kappa shape index (κ1) is 17.9. The van der Waals surface area contributed by atoms with Gasteiger partial charge in [-0.15, -0.1) is 0 Å². The molecule has 3 saturated carbocycles. The zero-order chi connectivity index (χ0) is 19.2. The molecule has 0 aromatic carbocycles. The van der Waals surface area contributed by atoms with Crippen molar-refractivity contribution in [3.8, 4) is 0 Å². The number of Topliss-reactive ketones (excluding diaryl/α,β-unsaturated/α-hetero) is 1. The van der Waals surface area contributed by atoms with Gasteiger partial charge in [-0.1, -0.05) is 19.9 Å². The fraction of sp³-hybridized carbons (Fsp3) is 0.826. The first-order chi connectivity index (χ1) is 12.7. The van der Waals surface area contributed by atoms with Gasteiger partial charge in [0.25, 0.3) is 0 Å². The predicted octanol–water partition coefficient (Wildman–Crippen LogP) is 4.22. The summed E-state index contributed by atoms with van der Waals surface area (Å²) in [4.78, 5) is 23.7. The SMILES string of the molecule is CC(=O)O[C@H]1CC[C@]2(C)[C@H]3CC[C@]4(C)C(C(C)=O)=CC[C@H]4[C@@H]3CC3OC32C1. The Bertz CT molecular complexity index is 741. The number of ether oxygens (including phenoxy) is 2. The lowest BCUT2D eigenvalue weighted by atomic mass is 9.44. The average molecular weight is 373 g/mol. The van der Waals surface area contributed by atoms with Gasteiger partial charge in [0.15, 0.2) is 5.78 Å². The van der Waals surface area contributed by atoms with Gasteiger partial charge in [0.05, 0.1) is 6.10 Å². The summed E-state index contributed by atoms with van der Waals surface area (Å²) in [6, 6.07) is 0. The van der Waals surface area contributed by atoms with Crippen molar-refractivity contribution in [2.45, 2.75) is 90.4 Å². The van der Waals surface area contributed by atoms with Crippen LogP contribution >= 0.6 is 0 Å². The van der Waals surface area contributed by atoms with Crippen molar-refractivity contribution in [3.63, 3.8) is 0 Å². The van der Waals surface area contributed by atoms with Crippen molar-refractivity contribution < 1.29 is 19.1 Å². The Kier molecular flexibility index (Phi) is 3.62. The molecule has 4 heteroatoms. The van der Waals surface area contributed by atoms with Gasteiger partial charge in [-0.3, -0.25) is 9.59 Å². The Balaban J connectivity index is 1.43. The summed E-state index contributed by atoms with van der Waals surface area (Å²) in [6.07, 6.45) is 9.96. The summed E-state index contributed by atoms with van der Waals surface area (Å²) < 4.78 is 12.0. The molecule has 1 spiro atoms. The van der Waals surface area contributed by atoms with Crippen LogP contribution in [0.2, 0.25) is 0 Å². The minimum atomic E-state index is -0.173. The number of ketones is 1. The van der Waals surface area contributed by atoms with E-state index >= 15 is 0 Å². The maximum absolute atomic E-state index is 12.2. The van der Waals surface area contributed by atoms with Crippen LogP contribution in [0, 0.1) is 28.6 Å². The van der Waals surface area contributed by atoms with E-state index in [1.54, 1.807) is 6.92 Å². The second kappa shape index (κ2) is 5.46. The zero-order valence-electron chi connectivity index (χ0n) is 17.0. The molecule has 148 valence electrons. The molecule has 1 aliphatic heterocycles. The number of fused-ring (bicyclic) bond motifs is 4. The Hall–Kier alpha value is -1.16. The van der Waals surface area contributed by atoms with Gasteiger partial charge in [0.1, 0.15) is 11.7 Å². The van der Waals surface area contributed by atoms with E-state index in [2.05, 4.69) is 19.9 Å². The van der Waals surface area contributed by atoms with Gasteiger partial charge in [-0.05, 0) is 74.2 Å². The zero-order valence-corrected chi connectivity index (χ0v) is 17.0. The van der Waals surface area contributed by atoms with Crippen LogP contribution in [0.15, 0.2) is 11.6 Å². The van der Waals surface area contributed by atoms with E-state index in [0.717, 1.165) is 44.1 Å². The van der Waals surface area contributed by atoms with Gasteiger partial charge in [-0.2, -0.15) is 0 Å². The molecule has 0 amide bonds. The number of carbonyl (C=O) groups is 2. The maximum Gasteiger partial charge on any atom is 0.302 e. The molecule has 4 nitrogen and oxygen atoms in total. The molecule has 0 aromatic rings. The molecule has 0 radical (unpaired) electrons. The molecule has 1 heterocycles. The molecule has 5 rings (SSSR count). The van der Waals surface area contributed by atoms with E-state index in [0.29, 0.717) is 23.9 Å². The second-order valence-electron chi connectivity index (χ2n) is 10.4. The Morgan fingerprint density at radius 1 is 1.15 bits per heavy atom. The first-order valence-corrected chi connectivity index (χ1v) is 10.8. The Morgan fingerprint density at radius 3 is 2.63 bits per heavy atom. The number of esters is 1. The van der Waals surface area contributed by atoms with Gasteiger partial charge in [0, 0.05) is 18.8 Å². The third kappa shape index (κ3) is 2.19. The molecule has 2 unspecified atom stereocenters. The summed E-state index contributed by atoms with van der Waals surface area (Å²) in [6.45, 7) is 8.03. The lowest BCUT2D eigenvalue weighted by Gasteiger charge is -2.59. The molecule has 5 aliphatic rings. The largest absolute Gasteiger partial charge is 0.462 e. The Labute approximate surface area is 162 Å². The minimum absolute atomic E-state index is 0.0171. The van der Waals surface area contributed by atoms with Crippen LogP contribution in [0.1, 0.15) is 72.6 Å². The number of allylic oxidation sites excluding steroid dienone is 2. The van der Waals surface area contributed by atoms with E-state index in [-0.39, 0.29) is 34.3 Å². The van der Waals surface area contributed by atoms with Crippen LogP contribution in [-0.2, 0) is 19.1 Å². The number of hydrogen-bond donors (Lipinski definition) is 0. The smallest absolute Gasteiger partial charge is 0.302 e. The van der Waals surface area contributed by atoms with Crippen LogP contribution in [0.25, 0.3) is 0 Å². The van der Waals surface area contributed by atoms with E-state index in [1.807, 2.05) is 0 Å². The topological polar surface area (TPSA) is 55.9 Å². The normalized spacial score (nSPS) is 52.6. The summed E-state index contributed by atoms with van der Waals surface area (Å²) in [5.41, 5.74) is 1.25. The van der Waals surface area contributed by atoms with E-state index in [4.69, 9.17) is 9.47 Å². The van der Waals surface area contributed by atoms with Crippen LogP contribution in [0.5, 0.6) is 0 Å². The lowest BCUT2D eigenvalue weighted by Crippen LogP contribution is -2.58. The highest BCUT2D eigenvalue weighted by Gasteiger charge is 2.76. The third-order valence-electron chi connectivity index (χ3n) is 9.33. The van der Waals surface area contributed by atoms with Gasteiger partial charge in [-0.25, -0.2) is 0 Å². The number of epoxide rings is 1. The molecular formula is C23H32O4. The van der Waals surface area contributed by atoms with Crippen LogP contribution in [0.4, 0.5) is 0 Å². The molecule has 0 bridgehead atoms. The number of rotatable bonds is 2. The van der Waals surface area contributed by atoms with Crippen molar-refractivity contribution in [3.05, 3.63) is 11.6 Å². The summed E-state index contributed by atoms with van der Waals surface area (Å²) >= 11 is 0. The highest BCUT2D eigenvalue weighted by atomic mass is 16.6. The molecule has 27 heavy (non-hydrogen) atoms. The number of carbonyl (C=O) groups excluding carboxylic acids is 2. The van der Waals surface area contributed by atoms with E-state index < -0.39 is 0 Å². The van der Waals surface area contributed by atoms with Crippen molar-refractivity contribution in [2.75, 3.05) is 0 Å².